The van der Waals surface area contributed by atoms with Gasteiger partial charge in [0.25, 0.3) is 0 Å². The van der Waals surface area contributed by atoms with Crippen LogP contribution in [-0.2, 0) is 14.3 Å². The maximum Gasteiger partial charge on any atom is 0.331 e. The van der Waals surface area contributed by atoms with Gasteiger partial charge in [-0.1, -0.05) is 84.0 Å². The van der Waals surface area contributed by atoms with Crippen molar-refractivity contribution in [3.8, 4) is 0 Å². The number of aliphatic hydroxyl groups is 1. The lowest BCUT2D eigenvalue weighted by Gasteiger charge is -2.24. The van der Waals surface area contributed by atoms with Crippen molar-refractivity contribution in [2.24, 2.45) is 0 Å². The van der Waals surface area contributed by atoms with Gasteiger partial charge in [-0.25, -0.2) is 9.18 Å². The number of alkyl halides is 1. The molecule has 0 aromatic rings. The van der Waals surface area contributed by atoms with Crippen LogP contribution in [0.15, 0.2) is 0 Å². The normalized spacial score (nSPS) is 14.3. The number of amides is 1. The first-order valence-electron chi connectivity index (χ1n) is 11.2. The van der Waals surface area contributed by atoms with Crippen LogP contribution in [0.4, 0.5) is 4.39 Å². The van der Waals surface area contributed by atoms with Crippen LogP contribution in [0.2, 0.25) is 0 Å². The Morgan fingerprint density at radius 3 is 1.79 bits per heavy atom. The molecule has 1 amide bonds. The summed E-state index contributed by atoms with van der Waals surface area (Å²) >= 11 is 0. The molecule has 0 aliphatic rings. The molecule has 0 saturated heterocycles. The molecule has 2 N–H and O–H groups in total. The van der Waals surface area contributed by atoms with E-state index in [-0.39, 0.29) is 13.0 Å². The molecule has 0 aliphatic heterocycles. The summed E-state index contributed by atoms with van der Waals surface area (Å²) in [6.45, 7) is 5.18. The highest BCUT2D eigenvalue weighted by Crippen LogP contribution is 2.16. The third-order valence-corrected chi connectivity index (χ3v) is 4.94. The second-order valence-corrected chi connectivity index (χ2v) is 7.61. The quantitative estimate of drug-likeness (QED) is 0.253. The summed E-state index contributed by atoms with van der Waals surface area (Å²) in [6, 6.07) is -1.36. The summed E-state index contributed by atoms with van der Waals surface area (Å²) in [5.74, 6) is -1.31. The molecule has 28 heavy (non-hydrogen) atoms. The Balaban J connectivity index is 3.86. The van der Waals surface area contributed by atoms with E-state index in [1.807, 2.05) is 0 Å². The number of halogens is 1. The molecule has 3 atom stereocenters. The summed E-state index contributed by atoms with van der Waals surface area (Å²) in [7, 11) is 0. The lowest BCUT2D eigenvalue weighted by Crippen LogP contribution is -2.52. The van der Waals surface area contributed by atoms with Gasteiger partial charge in [-0.15, -0.1) is 0 Å². The number of hydrogen-bond acceptors (Lipinski definition) is 4. The van der Waals surface area contributed by atoms with E-state index in [1.54, 1.807) is 6.92 Å². The zero-order chi connectivity index (χ0) is 21.2. The molecule has 0 saturated carbocycles. The minimum absolute atomic E-state index is 0.108. The third kappa shape index (κ3) is 13.9. The molecule has 0 aromatic carbocycles. The third-order valence-electron chi connectivity index (χ3n) is 4.94. The molecule has 0 bridgehead atoms. The number of ether oxygens (including phenoxy) is 1. The van der Waals surface area contributed by atoms with Crippen LogP contribution in [0, 0.1) is 0 Å². The largest absolute Gasteiger partial charge is 0.464 e. The topological polar surface area (TPSA) is 75.6 Å². The fourth-order valence-corrected chi connectivity index (χ4v) is 3.29. The summed E-state index contributed by atoms with van der Waals surface area (Å²) < 4.78 is 19.1. The number of carbonyl (C=O) groups is 2. The van der Waals surface area contributed by atoms with E-state index >= 15 is 0 Å². The molecule has 0 radical (unpaired) electrons. The minimum atomic E-state index is -1.59. The van der Waals surface area contributed by atoms with Crippen molar-refractivity contribution in [3.05, 3.63) is 0 Å². The van der Waals surface area contributed by atoms with E-state index < -0.39 is 30.2 Å². The summed E-state index contributed by atoms with van der Waals surface area (Å²) in [6.07, 6.45) is 11.3. The molecule has 0 unspecified atom stereocenters. The van der Waals surface area contributed by atoms with Crippen molar-refractivity contribution in [1.82, 2.24) is 5.32 Å². The van der Waals surface area contributed by atoms with Crippen LogP contribution < -0.4 is 5.32 Å². The number of carbonyl (C=O) groups excluding carboxylic acids is 2. The lowest BCUT2D eigenvalue weighted by molar-refractivity contribution is -0.152. The zero-order valence-electron chi connectivity index (χ0n) is 18.2. The van der Waals surface area contributed by atoms with E-state index in [0.29, 0.717) is 6.42 Å². The Morgan fingerprint density at radius 1 is 0.893 bits per heavy atom. The van der Waals surface area contributed by atoms with E-state index in [4.69, 9.17) is 4.74 Å². The van der Waals surface area contributed by atoms with E-state index in [2.05, 4.69) is 12.2 Å². The molecule has 0 rings (SSSR count). The Kier molecular flexibility index (Phi) is 17.1. The highest BCUT2D eigenvalue weighted by molar-refractivity contribution is 5.83. The monoisotopic (exact) mass is 403 g/mol. The summed E-state index contributed by atoms with van der Waals surface area (Å²) in [5.41, 5.74) is 0. The van der Waals surface area contributed by atoms with Gasteiger partial charge in [-0.05, 0) is 13.3 Å². The summed E-state index contributed by atoms with van der Waals surface area (Å²) in [5, 5.41) is 12.4. The van der Waals surface area contributed by atoms with Crippen molar-refractivity contribution >= 4 is 11.9 Å². The standard InChI is InChI=1S/C22H42FNO4/c1-4-6-7-8-9-10-11-12-13-14-15-16-17-19(23)21(26)20(24-18(3)25)22(27)28-5-2/h19-21,26H,4-17H2,1-3H3,(H,24,25)/t19-,20+,21+/m0/s1. The number of esters is 1. The molecule has 5 nitrogen and oxygen atoms in total. The maximum absolute atomic E-state index is 14.3. The second-order valence-electron chi connectivity index (χ2n) is 7.61. The molecular formula is C22H42FNO4. The number of nitrogens with one attached hydrogen (secondary N) is 1. The van der Waals surface area contributed by atoms with Crippen LogP contribution in [0.1, 0.15) is 104 Å². The fourth-order valence-electron chi connectivity index (χ4n) is 3.29. The minimum Gasteiger partial charge on any atom is -0.464 e. The number of hydrogen-bond donors (Lipinski definition) is 2. The Bertz CT molecular complexity index is 406. The van der Waals surface area contributed by atoms with Crippen LogP contribution in [0.5, 0.6) is 0 Å². The Hall–Kier alpha value is -1.17. The van der Waals surface area contributed by atoms with Gasteiger partial charge in [0.1, 0.15) is 12.3 Å². The molecular weight excluding hydrogens is 361 g/mol. The van der Waals surface area contributed by atoms with Gasteiger partial charge in [0.2, 0.25) is 5.91 Å². The van der Waals surface area contributed by atoms with Crippen molar-refractivity contribution in [3.63, 3.8) is 0 Å². The van der Waals surface area contributed by atoms with Gasteiger partial charge in [0, 0.05) is 6.92 Å². The number of aliphatic hydroxyl groups excluding tert-OH is 1. The first-order valence-corrected chi connectivity index (χ1v) is 11.2. The number of unbranched alkanes of at least 4 members (excludes halogenated alkanes) is 11. The predicted octanol–water partition coefficient (Wildman–Crippen LogP) is 4.84. The van der Waals surface area contributed by atoms with E-state index in [0.717, 1.165) is 19.3 Å². The highest BCUT2D eigenvalue weighted by atomic mass is 19.1. The molecule has 0 heterocycles. The fraction of sp³-hybridized carbons (Fsp3) is 0.909. The average molecular weight is 404 g/mol. The van der Waals surface area contributed by atoms with Crippen molar-refractivity contribution in [1.29, 1.82) is 0 Å². The van der Waals surface area contributed by atoms with E-state index in [9.17, 15) is 19.1 Å². The van der Waals surface area contributed by atoms with Crippen molar-refractivity contribution in [2.45, 2.75) is 123 Å². The van der Waals surface area contributed by atoms with Gasteiger partial charge >= 0.3 is 5.97 Å². The molecule has 6 heteroatoms. The van der Waals surface area contributed by atoms with Gasteiger partial charge in [0.15, 0.2) is 6.04 Å². The van der Waals surface area contributed by atoms with Gasteiger partial charge in [0.05, 0.1) is 6.61 Å². The first kappa shape index (κ1) is 26.8. The Labute approximate surface area is 170 Å². The number of rotatable bonds is 18. The molecule has 0 spiro atoms. The maximum atomic E-state index is 14.3. The highest BCUT2D eigenvalue weighted by Gasteiger charge is 2.34. The van der Waals surface area contributed by atoms with Crippen LogP contribution in [-0.4, -0.2) is 41.9 Å². The van der Waals surface area contributed by atoms with Gasteiger partial charge < -0.3 is 15.2 Å². The van der Waals surface area contributed by atoms with Crippen molar-refractivity contribution < 1.29 is 23.8 Å². The second kappa shape index (κ2) is 17.9. The first-order chi connectivity index (χ1) is 13.4. The van der Waals surface area contributed by atoms with E-state index in [1.165, 1.54) is 58.3 Å². The predicted molar refractivity (Wildman–Crippen MR) is 111 cm³/mol. The lowest BCUT2D eigenvalue weighted by atomic mass is 10.00. The van der Waals surface area contributed by atoms with Gasteiger partial charge in [-0.3, -0.25) is 4.79 Å². The SMILES string of the molecule is CCCCCCCCCCCCCC[C@H](F)[C@@H](O)[C@@H](NC(C)=O)C(=O)OCC. The van der Waals surface area contributed by atoms with Crippen LogP contribution >= 0.6 is 0 Å². The zero-order valence-corrected chi connectivity index (χ0v) is 18.2. The Morgan fingerprint density at radius 2 is 1.36 bits per heavy atom. The van der Waals surface area contributed by atoms with Crippen LogP contribution in [0.25, 0.3) is 0 Å². The molecule has 166 valence electrons. The molecule has 0 aromatic heterocycles. The summed E-state index contributed by atoms with van der Waals surface area (Å²) in [4.78, 5) is 23.0. The van der Waals surface area contributed by atoms with Crippen LogP contribution in [0.3, 0.4) is 0 Å². The smallest absolute Gasteiger partial charge is 0.331 e. The van der Waals surface area contributed by atoms with Gasteiger partial charge in [-0.2, -0.15) is 0 Å². The van der Waals surface area contributed by atoms with Crippen molar-refractivity contribution in [2.75, 3.05) is 6.61 Å². The average Bonchev–Trinajstić information content (AvgIpc) is 2.66. The molecule has 0 fully saturated rings. The molecule has 0 aliphatic carbocycles.